The van der Waals surface area contributed by atoms with Crippen molar-refractivity contribution in [2.24, 2.45) is 5.92 Å². The zero-order chi connectivity index (χ0) is 24.5. The molecule has 4 atom stereocenters. The number of aliphatic hydroxyl groups is 1. The van der Waals surface area contributed by atoms with Crippen molar-refractivity contribution in [3.8, 4) is 22.6 Å². The Morgan fingerprint density at radius 2 is 1.89 bits per heavy atom. The Hall–Kier alpha value is -3.28. The monoisotopic (exact) mass is 490 g/mol. The number of piperidine rings is 1. The number of benzene rings is 3. The van der Waals surface area contributed by atoms with Gasteiger partial charge in [0.1, 0.15) is 0 Å². The molecule has 0 amide bonds. The number of phenolic OH excluding ortho intramolecular Hbond substituents is 1. The number of aromatic amines is 1. The van der Waals surface area contributed by atoms with Crippen LogP contribution in [0.25, 0.3) is 22.0 Å². The van der Waals surface area contributed by atoms with Crippen molar-refractivity contribution in [3.05, 3.63) is 83.0 Å². The molecule has 4 aromatic rings. The van der Waals surface area contributed by atoms with Crippen molar-refractivity contribution in [2.45, 2.75) is 55.3 Å². The number of hydrogen-bond donors (Lipinski definition) is 3. The first-order valence-corrected chi connectivity index (χ1v) is 13.8. The highest BCUT2D eigenvalue weighted by Crippen LogP contribution is 2.69. The van der Waals surface area contributed by atoms with Gasteiger partial charge in [0.05, 0.1) is 16.7 Å². The number of nitrogens with one attached hydrogen (secondary N) is 1. The molecule has 3 N–H and O–H groups in total. The third-order valence-electron chi connectivity index (χ3n) is 10.3. The molecule has 0 unspecified atom stereocenters. The Morgan fingerprint density at radius 3 is 2.73 bits per heavy atom. The molecule has 2 fully saturated rings. The number of hydrogen-bond acceptors (Lipinski definition) is 4. The fraction of sp³-hybridized carbons (Fsp3) is 0.375. The van der Waals surface area contributed by atoms with Crippen molar-refractivity contribution in [1.82, 2.24) is 9.88 Å². The van der Waals surface area contributed by atoms with Crippen LogP contribution in [0.5, 0.6) is 11.5 Å². The van der Waals surface area contributed by atoms with E-state index in [1.54, 1.807) is 6.07 Å². The number of nitrogens with zero attached hydrogens (tertiary/aromatic N) is 1. The molecule has 1 aromatic heterocycles. The lowest BCUT2D eigenvalue weighted by Gasteiger charge is -2.62. The van der Waals surface area contributed by atoms with Crippen LogP contribution >= 0.6 is 0 Å². The molecule has 3 heterocycles. The summed E-state index contributed by atoms with van der Waals surface area (Å²) < 4.78 is 6.75. The molecular formula is C32H30N2O3. The quantitative estimate of drug-likeness (QED) is 0.367. The van der Waals surface area contributed by atoms with Crippen LogP contribution in [-0.4, -0.2) is 44.8 Å². The summed E-state index contributed by atoms with van der Waals surface area (Å²) in [6, 6.07) is 20.9. The Labute approximate surface area is 215 Å². The van der Waals surface area contributed by atoms with Gasteiger partial charge in [0, 0.05) is 35.5 Å². The van der Waals surface area contributed by atoms with E-state index in [1.807, 2.05) is 6.07 Å². The van der Waals surface area contributed by atoms with Crippen LogP contribution in [-0.2, 0) is 18.3 Å². The zero-order valence-corrected chi connectivity index (χ0v) is 20.7. The van der Waals surface area contributed by atoms with Crippen molar-refractivity contribution in [2.75, 3.05) is 13.1 Å². The van der Waals surface area contributed by atoms with Gasteiger partial charge in [-0.3, -0.25) is 4.90 Å². The number of aromatic nitrogens is 1. The normalized spacial score (nSPS) is 31.2. The molecule has 0 radical (unpaired) electrons. The van der Waals surface area contributed by atoms with Gasteiger partial charge in [-0.1, -0.05) is 48.5 Å². The number of rotatable bonds is 3. The van der Waals surface area contributed by atoms with E-state index < -0.39 is 11.0 Å². The maximum atomic E-state index is 13.1. The van der Waals surface area contributed by atoms with Crippen molar-refractivity contribution in [3.63, 3.8) is 0 Å². The maximum Gasteiger partial charge on any atom is 0.166 e. The number of aromatic hydroxyl groups is 1. The Morgan fingerprint density at radius 1 is 1.03 bits per heavy atom. The first-order chi connectivity index (χ1) is 18.1. The standard InChI is InChI=1S/C32H30N2O3/c35-24-12-11-20-15-25-32(36)16-22-26-21(19-5-2-1-3-6-19)7-4-8-23(26)33-28(22)30-31(32,27(20)29(24)37-30)13-14-34(25)17-18-9-10-18/h1-8,11-12,18,25,30,33,35-36H,9-10,13-17H2/t25-,30-,31-,32+/m0/s1. The summed E-state index contributed by atoms with van der Waals surface area (Å²) in [4.78, 5) is 6.34. The van der Waals surface area contributed by atoms with Crippen molar-refractivity contribution < 1.29 is 14.9 Å². The van der Waals surface area contributed by atoms with Crippen LogP contribution in [0.1, 0.15) is 47.8 Å². The summed E-state index contributed by atoms with van der Waals surface area (Å²) in [6.07, 6.45) is 4.49. The molecule has 1 spiro atoms. The van der Waals surface area contributed by atoms with Crippen LogP contribution in [0, 0.1) is 5.92 Å². The van der Waals surface area contributed by atoms with E-state index in [0.717, 1.165) is 48.6 Å². The Kier molecular flexibility index (Phi) is 3.80. The molecule has 5 heteroatoms. The van der Waals surface area contributed by atoms with Crippen molar-refractivity contribution in [1.29, 1.82) is 0 Å². The smallest absolute Gasteiger partial charge is 0.166 e. The second kappa shape index (κ2) is 6.77. The van der Waals surface area contributed by atoms with Gasteiger partial charge in [0.2, 0.25) is 0 Å². The molecule has 3 aliphatic carbocycles. The highest BCUT2D eigenvalue weighted by Gasteiger charge is 2.72. The van der Waals surface area contributed by atoms with Gasteiger partial charge >= 0.3 is 0 Å². The highest BCUT2D eigenvalue weighted by molar-refractivity contribution is 5.99. The maximum absolute atomic E-state index is 13.1. The van der Waals surface area contributed by atoms with E-state index in [0.29, 0.717) is 12.2 Å². The second-order valence-corrected chi connectivity index (χ2v) is 12.0. The molecule has 9 rings (SSSR count). The molecule has 186 valence electrons. The number of fused-ring (bicyclic) bond motifs is 4. The van der Waals surface area contributed by atoms with E-state index in [-0.39, 0.29) is 17.9 Å². The van der Waals surface area contributed by atoms with E-state index in [9.17, 15) is 10.2 Å². The third-order valence-corrected chi connectivity index (χ3v) is 10.3. The molecule has 2 aliphatic heterocycles. The minimum absolute atomic E-state index is 0.0398. The van der Waals surface area contributed by atoms with Gasteiger partial charge in [-0.05, 0) is 72.5 Å². The first-order valence-electron chi connectivity index (χ1n) is 13.8. The largest absolute Gasteiger partial charge is 0.504 e. The van der Waals surface area contributed by atoms with Gasteiger partial charge in [0.25, 0.3) is 0 Å². The van der Waals surface area contributed by atoms with Crippen LogP contribution in [0.4, 0.5) is 0 Å². The fourth-order valence-corrected chi connectivity index (χ4v) is 8.54. The van der Waals surface area contributed by atoms with E-state index in [2.05, 4.69) is 58.4 Å². The molecule has 1 saturated carbocycles. The Balaban J connectivity index is 1.32. The van der Waals surface area contributed by atoms with Crippen LogP contribution < -0.4 is 4.74 Å². The van der Waals surface area contributed by atoms with E-state index >= 15 is 0 Å². The molecule has 5 nitrogen and oxygen atoms in total. The topological polar surface area (TPSA) is 68.7 Å². The summed E-state index contributed by atoms with van der Waals surface area (Å²) in [5, 5.41) is 25.2. The van der Waals surface area contributed by atoms with Gasteiger partial charge in [-0.15, -0.1) is 0 Å². The van der Waals surface area contributed by atoms with Gasteiger partial charge in [-0.2, -0.15) is 0 Å². The zero-order valence-electron chi connectivity index (χ0n) is 20.7. The summed E-state index contributed by atoms with van der Waals surface area (Å²) in [7, 11) is 0. The predicted octanol–water partition coefficient (Wildman–Crippen LogP) is 5.24. The predicted molar refractivity (Wildman–Crippen MR) is 142 cm³/mol. The number of ether oxygens (including phenoxy) is 1. The number of H-pyrrole nitrogens is 1. The molecule has 3 aromatic carbocycles. The van der Waals surface area contributed by atoms with Crippen molar-refractivity contribution >= 4 is 10.9 Å². The molecule has 37 heavy (non-hydrogen) atoms. The lowest BCUT2D eigenvalue weighted by atomic mass is 9.49. The van der Waals surface area contributed by atoms with Gasteiger partial charge in [-0.25, -0.2) is 0 Å². The minimum atomic E-state index is -0.969. The second-order valence-electron chi connectivity index (χ2n) is 12.0. The molecular weight excluding hydrogens is 460 g/mol. The van der Waals surface area contributed by atoms with Crippen LogP contribution in [0.2, 0.25) is 0 Å². The van der Waals surface area contributed by atoms with E-state index in [1.165, 1.54) is 40.5 Å². The Bertz CT molecular complexity index is 1610. The summed E-state index contributed by atoms with van der Waals surface area (Å²) >= 11 is 0. The lowest BCUT2D eigenvalue weighted by molar-refractivity contribution is -0.173. The molecule has 5 aliphatic rings. The van der Waals surface area contributed by atoms with Gasteiger partial charge < -0.3 is 19.9 Å². The minimum Gasteiger partial charge on any atom is -0.504 e. The highest BCUT2D eigenvalue weighted by atomic mass is 16.5. The number of likely N-dealkylation sites (tertiary alicyclic amines) is 1. The fourth-order valence-electron chi connectivity index (χ4n) is 8.54. The molecule has 1 saturated heterocycles. The summed E-state index contributed by atoms with van der Waals surface area (Å²) in [6.45, 7) is 2.04. The van der Waals surface area contributed by atoms with Crippen LogP contribution in [0.15, 0.2) is 60.7 Å². The molecule has 2 bridgehead atoms. The lowest BCUT2D eigenvalue weighted by Crippen LogP contribution is -2.74. The third kappa shape index (κ3) is 2.43. The van der Waals surface area contributed by atoms with Crippen LogP contribution in [0.3, 0.4) is 0 Å². The van der Waals surface area contributed by atoms with Gasteiger partial charge in [0.15, 0.2) is 17.6 Å². The average Bonchev–Trinajstić information content (AvgIpc) is 3.55. The SMILES string of the molecule is Oc1ccc2c3c1O[C@H]1c4[nH]c5cccc(-c6ccccc6)c5c4C[C@@]4(O)[C@H](C2)N(CC2CC2)CC[C@]314. The summed E-state index contributed by atoms with van der Waals surface area (Å²) in [5.41, 5.74) is 6.46. The summed E-state index contributed by atoms with van der Waals surface area (Å²) in [5.74, 6) is 1.54. The first kappa shape index (κ1) is 20.7. The average molecular weight is 491 g/mol. The van der Waals surface area contributed by atoms with E-state index in [4.69, 9.17) is 4.74 Å². The number of phenols is 1.